The van der Waals surface area contributed by atoms with E-state index in [1.807, 2.05) is 87.5 Å². The highest BCUT2D eigenvalue weighted by Gasteiger charge is 2.46. The van der Waals surface area contributed by atoms with Crippen LogP contribution in [0.5, 0.6) is 17.2 Å². The number of aliphatic hydroxyl groups is 1. The number of hydrogen-bond acceptors (Lipinski definition) is 9. The largest absolute Gasteiger partial charge is 0.497 e. The van der Waals surface area contributed by atoms with Crippen molar-refractivity contribution in [1.82, 2.24) is 4.31 Å². The number of benzene rings is 4. The monoisotopic (exact) mass is 910 g/mol. The van der Waals surface area contributed by atoms with Crippen LogP contribution in [0.3, 0.4) is 0 Å². The molecular formula is C52H63ClN2O8S. The molecule has 10 nitrogen and oxygen atoms in total. The molecule has 64 heavy (non-hydrogen) atoms. The van der Waals surface area contributed by atoms with E-state index < -0.39 is 27.0 Å². The topological polar surface area (TPSA) is 115 Å². The van der Waals surface area contributed by atoms with Gasteiger partial charge in [0.25, 0.3) is 0 Å². The molecule has 4 aromatic rings. The summed E-state index contributed by atoms with van der Waals surface area (Å²) in [7, 11) is -0.501. The summed E-state index contributed by atoms with van der Waals surface area (Å²) in [5.41, 5.74) is 5.71. The molecule has 3 aliphatic carbocycles. The lowest BCUT2D eigenvalue weighted by Gasteiger charge is -2.47. The first-order valence-electron chi connectivity index (χ1n) is 22.7. The number of carbonyl (C=O) groups is 1. The fourth-order valence-electron chi connectivity index (χ4n) is 10.2. The van der Waals surface area contributed by atoms with E-state index >= 15 is 0 Å². The molecule has 1 heterocycles. The lowest BCUT2D eigenvalue weighted by atomic mass is 9.65. The molecule has 0 saturated heterocycles. The fraction of sp³-hybridized carbons (Fsp3) is 0.481. The van der Waals surface area contributed by atoms with E-state index in [9.17, 15) is 18.3 Å². The molecule has 1 N–H and O–H groups in total. The third-order valence-corrected chi connectivity index (χ3v) is 16.3. The number of nitrogens with zero attached hydrogens (tertiary/aromatic N) is 2. The number of anilines is 1. The van der Waals surface area contributed by atoms with Crippen molar-refractivity contribution >= 4 is 33.3 Å². The number of methoxy groups -OCH3 is 2. The van der Waals surface area contributed by atoms with Gasteiger partial charge < -0.3 is 29.0 Å². The van der Waals surface area contributed by atoms with Crippen molar-refractivity contribution in [3.63, 3.8) is 0 Å². The Balaban J connectivity index is 0.976. The summed E-state index contributed by atoms with van der Waals surface area (Å²) < 4.78 is 53.4. The van der Waals surface area contributed by atoms with Gasteiger partial charge in [-0.3, -0.25) is 0 Å². The average Bonchev–Trinajstić information content (AvgIpc) is 3.39. The molecular weight excluding hydrogens is 848 g/mol. The molecule has 0 amide bonds. The molecule has 1 fully saturated rings. The second kappa shape index (κ2) is 18.7. The molecule has 1 aliphatic heterocycles. The minimum absolute atomic E-state index is 0.0532. The predicted molar refractivity (Wildman–Crippen MR) is 252 cm³/mol. The molecule has 342 valence electrons. The van der Waals surface area contributed by atoms with Crippen molar-refractivity contribution in [2.75, 3.05) is 38.8 Å². The number of hydrogen-bond donors (Lipinski definition) is 1. The number of ether oxygens (including phenoxy) is 4. The summed E-state index contributed by atoms with van der Waals surface area (Å²) in [6.45, 7) is 9.79. The van der Waals surface area contributed by atoms with Crippen LogP contribution >= 0.6 is 11.6 Å². The summed E-state index contributed by atoms with van der Waals surface area (Å²) in [4.78, 5) is 15.8. The Hall–Kier alpha value is -4.55. The molecule has 0 unspecified atom stereocenters. The van der Waals surface area contributed by atoms with Crippen LogP contribution in [0.15, 0.2) is 96.6 Å². The third-order valence-electron chi connectivity index (χ3n) is 13.9. The zero-order chi connectivity index (χ0) is 45.4. The van der Waals surface area contributed by atoms with Crippen molar-refractivity contribution < 1.29 is 37.3 Å². The smallest absolute Gasteiger partial charge is 0.338 e. The average molecular weight is 912 g/mol. The standard InChI is InChI=1S/C52H63ClN2O8S/c1-34(64(58,59)55(29-35-9-16-43(60-5)17-10-35)30-36-11-18-44(61-6)19-12-36)24-37-25-41(26-37)49(56)45-20-13-40(45)31-54-32-52(23-7-8-38-27-42(53)15-21-46(38)52)33-62-48-22-14-39(28-47(48)54)50(57)63-51(2,3)4/h9-12,14-19,21-22,25,27-28,34,37,40,45,49,56H,7-8,13,20,23-24,26,29-33H2,1-6H3/t34-,37+,40+,45-,49+,52+/m1/s1. The van der Waals surface area contributed by atoms with Crippen LogP contribution in [-0.2, 0) is 39.7 Å². The fourth-order valence-corrected chi connectivity index (χ4v) is 12.1. The predicted octanol–water partition coefficient (Wildman–Crippen LogP) is 9.93. The molecule has 0 radical (unpaired) electrons. The summed E-state index contributed by atoms with van der Waals surface area (Å²) in [5.74, 6) is 2.11. The molecule has 12 heteroatoms. The number of sulfonamides is 1. The van der Waals surface area contributed by atoms with Crippen LogP contribution < -0.4 is 19.1 Å². The van der Waals surface area contributed by atoms with Crippen molar-refractivity contribution in [1.29, 1.82) is 0 Å². The van der Waals surface area contributed by atoms with E-state index in [-0.39, 0.29) is 42.2 Å². The maximum absolute atomic E-state index is 14.4. The van der Waals surface area contributed by atoms with Gasteiger partial charge in [0.2, 0.25) is 10.0 Å². The molecule has 6 atom stereocenters. The minimum atomic E-state index is -3.72. The zero-order valence-electron chi connectivity index (χ0n) is 38.0. The van der Waals surface area contributed by atoms with Crippen LogP contribution in [0, 0.1) is 17.8 Å². The Labute approximate surface area is 384 Å². The summed E-state index contributed by atoms with van der Waals surface area (Å²) >= 11 is 6.50. The van der Waals surface area contributed by atoms with Crippen LogP contribution in [0.4, 0.5) is 5.69 Å². The van der Waals surface area contributed by atoms with E-state index in [4.69, 9.17) is 30.5 Å². The van der Waals surface area contributed by atoms with E-state index in [0.717, 1.165) is 65.3 Å². The third kappa shape index (κ3) is 9.98. The van der Waals surface area contributed by atoms with Gasteiger partial charge in [-0.05, 0) is 173 Å². The minimum Gasteiger partial charge on any atom is -0.497 e. The summed E-state index contributed by atoms with van der Waals surface area (Å²) in [6.07, 6.45) is 7.48. The second-order valence-corrected chi connectivity index (χ2v) is 22.3. The molecule has 4 aliphatic rings. The van der Waals surface area contributed by atoms with Gasteiger partial charge in [0.15, 0.2) is 0 Å². The van der Waals surface area contributed by atoms with Crippen LogP contribution in [0.2, 0.25) is 5.02 Å². The highest BCUT2D eigenvalue weighted by molar-refractivity contribution is 7.89. The first-order chi connectivity index (χ1) is 30.5. The molecule has 1 saturated carbocycles. The van der Waals surface area contributed by atoms with E-state index in [1.165, 1.54) is 11.1 Å². The molecule has 1 spiro atoms. The van der Waals surface area contributed by atoms with E-state index in [2.05, 4.69) is 23.1 Å². The van der Waals surface area contributed by atoms with Crippen LogP contribution in [-0.4, -0.2) is 74.7 Å². The van der Waals surface area contributed by atoms with Crippen LogP contribution in [0.1, 0.15) is 98.8 Å². The Kier molecular flexibility index (Phi) is 13.5. The number of aliphatic hydroxyl groups excluding tert-OH is 1. The number of rotatable bonds is 15. The number of fused-ring (bicyclic) bond motifs is 3. The maximum Gasteiger partial charge on any atom is 0.338 e. The highest BCUT2D eigenvalue weighted by atomic mass is 35.5. The normalized spacial score (nSPS) is 22.7. The van der Waals surface area contributed by atoms with Crippen molar-refractivity contribution in [2.45, 2.75) is 108 Å². The van der Waals surface area contributed by atoms with Crippen molar-refractivity contribution in [2.24, 2.45) is 17.8 Å². The van der Waals surface area contributed by atoms with Gasteiger partial charge in [-0.2, -0.15) is 4.31 Å². The van der Waals surface area contributed by atoms with Crippen LogP contribution in [0.25, 0.3) is 0 Å². The van der Waals surface area contributed by atoms with Gasteiger partial charge in [-0.25, -0.2) is 13.2 Å². The highest BCUT2D eigenvalue weighted by Crippen LogP contribution is 2.48. The Bertz CT molecular complexity index is 2400. The lowest BCUT2D eigenvalue weighted by molar-refractivity contribution is 0.00694. The van der Waals surface area contributed by atoms with Gasteiger partial charge in [0, 0.05) is 36.6 Å². The zero-order valence-corrected chi connectivity index (χ0v) is 39.6. The summed E-state index contributed by atoms with van der Waals surface area (Å²) in [5, 5.41) is 12.0. The number of carbonyl (C=O) groups excluding carboxylic acids is 1. The van der Waals surface area contributed by atoms with Gasteiger partial charge in [-0.1, -0.05) is 48.0 Å². The maximum atomic E-state index is 14.4. The molecule has 8 rings (SSSR count). The molecule has 0 bridgehead atoms. The SMILES string of the molecule is COc1ccc(CN(Cc2ccc(OC)cc2)S(=O)(=O)[C@H](C)C[C@H]2C=C([C@H](O)[C@@H]3CC[C@H]3CN3C[C@@]4(CCCc5cc(Cl)ccc54)COc4ccc(C(=O)OC(C)(C)C)cc43)C2)cc1. The van der Waals surface area contributed by atoms with Gasteiger partial charge in [0.05, 0.1) is 43.4 Å². The quantitative estimate of drug-likeness (QED) is 0.0920. The number of halogens is 1. The molecule has 0 aromatic heterocycles. The first-order valence-corrected chi connectivity index (χ1v) is 24.6. The van der Waals surface area contributed by atoms with Gasteiger partial charge >= 0.3 is 5.97 Å². The van der Waals surface area contributed by atoms with Gasteiger partial charge in [-0.15, -0.1) is 0 Å². The van der Waals surface area contributed by atoms with Crippen molar-refractivity contribution in [3.8, 4) is 17.2 Å². The lowest BCUT2D eigenvalue weighted by Crippen LogP contribution is -2.50. The molecule has 4 aromatic carbocycles. The number of aryl methyl sites for hydroxylation is 1. The summed E-state index contributed by atoms with van der Waals surface area (Å²) in [6, 6.07) is 26.9. The number of allylic oxidation sites excluding steroid dienone is 1. The Morgan fingerprint density at radius 1 is 0.953 bits per heavy atom. The second-order valence-electron chi connectivity index (χ2n) is 19.5. The Morgan fingerprint density at radius 3 is 2.20 bits per heavy atom. The van der Waals surface area contributed by atoms with E-state index in [0.29, 0.717) is 49.6 Å². The number of esters is 1. The Morgan fingerprint density at radius 2 is 1.61 bits per heavy atom. The van der Waals surface area contributed by atoms with E-state index in [1.54, 1.807) is 31.5 Å². The van der Waals surface area contributed by atoms with Crippen molar-refractivity contribution in [3.05, 3.63) is 129 Å². The van der Waals surface area contributed by atoms with Gasteiger partial charge in [0.1, 0.15) is 22.8 Å². The first kappa shape index (κ1) is 46.0.